The van der Waals surface area contributed by atoms with Gasteiger partial charge in [0.2, 0.25) is 0 Å². The minimum absolute atomic E-state index is 0.526. The predicted octanol–water partition coefficient (Wildman–Crippen LogP) is 3.79. The summed E-state index contributed by atoms with van der Waals surface area (Å²) < 4.78 is 5.83. The Morgan fingerprint density at radius 2 is 2.06 bits per heavy atom. The number of benzene rings is 1. The summed E-state index contributed by atoms with van der Waals surface area (Å²) in [5.74, 6) is 1.47. The van der Waals surface area contributed by atoms with E-state index >= 15 is 0 Å². The third-order valence-electron chi connectivity index (χ3n) is 2.48. The Hall–Kier alpha value is -0.730. The van der Waals surface area contributed by atoms with E-state index in [2.05, 4.69) is 26.1 Å². The predicted molar refractivity (Wildman–Crippen MR) is 73.9 cm³/mol. The van der Waals surface area contributed by atoms with Gasteiger partial charge in [-0.1, -0.05) is 32.4 Å². The van der Waals surface area contributed by atoms with Crippen molar-refractivity contribution in [3.05, 3.63) is 28.3 Å². The molecule has 0 fully saturated rings. The van der Waals surface area contributed by atoms with Crippen LogP contribution in [0.25, 0.3) is 0 Å². The van der Waals surface area contributed by atoms with Crippen LogP contribution in [0.4, 0.5) is 0 Å². The maximum Gasteiger partial charge on any atom is 0.124 e. The standard InChI is InChI=1S/C14H22ClNO/c1-5-16-8-12-7-13(15)11(4)6-14(12)17-9-10(2)3/h6-7,10,16H,5,8-9H2,1-4H3. The Morgan fingerprint density at radius 1 is 1.35 bits per heavy atom. The van der Waals surface area contributed by atoms with Gasteiger partial charge >= 0.3 is 0 Å². The maximum absolute atomic E-state index is 6.14. The SMILES string of the molecule is CCNCc1cc(Cl)c(C)cc1OCC(C)C. The molecule has 0 amide bonds. The van der Waals surface area contributed by atoms with Gasteiger partial charge in [0, 0.05) is 17.1 Å². The van der Waals surface area contributed by atoms with Crippen LogP contribution >= 0.6 is 11.6 Å². The lowest BCUT2D eigenvalue weighted by Crippen LogP contribution is -2.14. The summed E-state index contributed by atoms with van der Waals surface area (Å²) in [5, 5.41) is 4.10. The van der Waals surface area contributed by atoms with Crippen LogP contribution in [-0.2, 0) is 6.54 Å². The largest absolute Gasteiger partial charge is 0.493 e. The summed E-state index contributed by atoms with van der Waals surface area (Å²) in [6.07, 6.45) is 0. The second kappa shape index (κ2) is 6.87. The van der Waals surface area contributed by atoms with Gasteiger partial charge in [-0.3, -0.25) is 0 Å². The zero-order valence-electron chi connectivity index (χ0n) is 11.1. The van der Waals surface area contributed by atoms with Crippen LogP contribution in [0.15, 0.2) is 12.1 Å². The van der Waals surface area contributed by atoms with Gasteiger partial charge in [-0.05, 0) is 37.1 Å². The van der Waals surface area contributed by atoms with E-state index in [0.29, 0.717) is 5.92 Å². The number of rotatable bonds is 6. The molecule has 0 unspecified atom stereocenters. The first-order chi connectivity index (χ1) is 8.04. The average Bonchev–Trinajstić information content (AvgIpc) is 2.28. The van der Waals surface area contributed by atoms with Crippen LogP contribution in [0, 0.1) is 12.8 Å². The van der Waals surface area contributed by atoms with E-state index in [9.17, 15) is 0 Å². The van der Waals surface area contributed by atoms with Gasteiger partial charge in [0.25, 0.3) is 0 Å². The second-order valence-electron chi connectivity index (χ2n) is 4.69. The minimum Gasteiger partial charge on any atom is -0.493 e. The molecule has 2 nitrogen and oxygen atoms in total. The highest BCUT2D eigenvalue weighted by molar-refractivity contribution is 6.31. The van der Waals surface area contributed by atoms with Crippen LogP contribution in [0.1, 0.15) is 31.9 Å². The van der Waals surface area contributed by atoms with Crippen LogP contribution in [0.3, 0.4) is 0 Å². The fourth-order valence-electron chi connectivity index (χ4n) is 1.48. The van der Waals surface area contributed by atoms with E-state index in [1.165, 1.54) is 0 Å². The summed E-state index contributed by atoms with van der Waals surface area (Å²) >= 11 is 6.14. The van der Waals surface area contributed by atoms with E-state index in [1.807, 2.05) is 19.1 Å². The molecular weight excluding hydrogens is 234 g/mol. The van der Waals surface area contributed by atoms with Gasteiger partial charge in [0.1, 0.15) is 5.75 Å². The molecule has 0 spiro atoms. The lowest BCUT2D eigenvalue weighted by molar-refractivity contribution is 0.268. The topological polar surface area (TPSA) is 21.3 Å². The van der Waals surface area contributed by atoms with Gasteiger partial charge in [-0.25, -0.2) is 0 Å². The molecule has 0 aliphatic carbocycles. The Morgan fingerprint density at radius 3 is 2.65 bits per heavy atom. The molecule has 0 bridgehead atoms. The molecule has 1 N–H and O–H groups in total. The first-order valence-corrected chi connectivity index (χ1v) is 6.55. The smallest absolute Gasteiger partial charge is 0.124 e. The van der Waals surface area contributed by atoms with Gasteiger partial charge in [-0.2, -0.15) is 0 Å². The molecule has 0 radical (unpaired) electrons. The van der Waals surface area contributed by atoms with Crippen molar-refractivity contribution >= 4 is 11.6 Å². The molecule has 0 heterocycles. The zero-order chi connectivity index (χ0) is 12.8. The number of aryl methyl sites for hydroxylation is 1. The first-order valence-electron chi connectivity index (χ1n) is 6.17. The molecule has 0 aliphatic heterocycles. The molecule has 1 aromatic rings. The lowest BCUT2D eigenvalue weighted by Gasteiger charge is -2.15. The van der Waals surface area contributed by atoms with Crippen molar-refractivity contribution in [1.82, 2.24) is 5.32 Å². The molecule has 17 heavy (non-hydrogen) atoms. The van der Waals surface area contributed by atoms with E-state index < -0.39 is 0 Å². The zero-order valence-corrected chi connectivity index (χ0v) is 11.9. The summed E-state index contributed by atoms with van der Waals surface area (Å²) in [5.41, 5.74) is 2.19. The molecular formula is C14H22ClNO. The molecule has 96 valence electrons. The van der Waals surface area contributed by atoms with Gasteiger partial charge < -0.3 is 10.1 Å². The average molecular weight is 256 g/mol. The van der Waals surface area contributed by atoms with Crippen molar-refractivity contribution in [1.29, 1.82) is 0 Å². The summed E-state index contributed by atoms with van der Waals surface area (Å²) in [6, 6.07) is 4.02. The van der Waals surface area contributed by atoms with Crippen molar-refractivity contribution in [2.75, 3.05) is 13.2 Å². The number of hydrogen-bond donors (Lipinski definition) is 1. The first kappa shape index (κ1) is 14.3. The number of ether oxygens (including phenoxy) is 1. The van der Waals surface area contributed by atoms with Gasteiger partial charge in [0.15, 0.2) is 0 Å². The third-order valence-corrected chi connectivity index (χ3v) is 2.89. The van der Waals surface area contributed by atoms with Crippen molar-refractivity contribution in [3.63, 3.8) is 0 Å². The fraction of sp³-hybridized carbons (Fsp3) is 0.571. The Balaban J connectivity index is 2.86. The maximum atomic E-state index is 6.14. The molecule has 3 heteroatoms. The highest BCUT2D eigenvalue weighted by Gasteiger charge is 2.08. The molecule has 1 rings (SSSR count). The Kier molecular flexibility index (Phi) is 5.79. The van der Waals surface area contributed by atoms with Crippen molar-refractivity contribution < 1.29 is 4.74 Å². The quantitative estimate of drug-likeness (QED) is 0.835. The van der Waals surface area contributed by atoms with E-state index in [1.54, 1.807) is 0 Å². The third kappa shape index (κ3) is 4.57. The normalized spacial score (nSPS) is 10.9. The van der Waals surface area contributed by atoms with Crippen molar-refractivity contribution in [2.24, 2.45) is 5.92 Å². The molecule has 0 saturated heterocycles. The lowest BCUT2D eigenvalue weighted by atomic mass is 10.1. The highest BCUT2D eigenvalue weighted by Crippen LogP contribution is 2.27. The number of hydrogen-bond acceptors (Lipinski definition) is 2. The number of halogens is 1. The van der Waals surface area contributed by atoms with E-state index in [4.69, 9.17) is 16.3 Å². The number of nitrogens with one attached hydrogen (secondary N) is 1. The monoisotopic (exact) mass is 255 g/mol. The molecule has 0 atom stereocenters. The Labute approximate surface area is 109 Å². The minimum atomic E-state index is 0.526. The van der Waals surface area contributed by atoms with Crippen LogP contribution in [0.5, 0.6) is 5.75 Å². The summed E-state index contributed by atoms with van der Waals surface area (Å²) in [6.45, 7) is 10.9. The van der Waals surface area contributed by atoms with E-state index in [-0.39, 0.29) is 0 Å². The molecule has 0 saturated carbocycles. The Bertz CT molecular complexity index is 363. The van der Waals surface area contributed by atoms with Crippen molar-refractivity contribution in [2.45, 2.75) is 34.2 Å². The summed E-state index contributed by atoms with van der Waals surface area (Å²) in [7, 11) is 0. The van der Waals surface area contributed by atoms with Crippen LogP contribution in [0.2, 0.25) is 5.02 Å². The van der Waals surface area contributed by atoms with Crippen LogP contribution in [-0.4, -0.2) is 13.2 Å². The molecule has 1 aromatic carbocycles. The van der Waals surface area contributed by atoms with E-state index in [0.717, 1.165) is 41.6 Å². The molecule has 0 aliphatic rings. The van der Waals surface area contributed by atoms with Gasteiger partial charge in [-0.15, -0.1) is 0 Å². The van der Waals surface area contributed by atoms with Gasteiger partial charge in [0.05, 0.1) is 6.61 Å². The summed E-state index contributed by atoms with van der Waals surface area (Å²) in [4.78, 5) is 0. The van der Waals surface area contributed by atoms with Crippen molar-refractivity contribution in [3.8, 4) is 5.75 Å². The second-order valence-corrected chi connectivity index (χ2v) is 5.10. The highest BCUT2D eigenvalue weighted by atomic mass is 35.5. The fourth-order valence-corrected chi connectivity index (χ4v) is 1.67. The van der Waals surface area contributed by atoms with Crippen LogP contribution < -0.4 is 10.1 Å². The molecule has 0 aromatic heterocycles.